The molecule has 0 spiro atoms. The smallest absolute Gasteiger partial charge is 0.293 e. The Labute approximate surface area is 195 Å². The number of nitrogens with two attached hydrogens (primary N) is 1. The Hall–Kier alpha value is -2.82. The third kappa shape index (κ3) is 6.12. The fraction of sp³-hybridized carbons (Fsp3) is 0.400. The highest BCUT2D eigenvalue weighted by molar-refractivity contribution is 6.35. The van der Waals surface area contributed by atoms with Gasteiger partial charge in [0.05, 0.1) is 19.2 Å². The monoisotopic (exact) mass is 481 g/mol. The van der Waals surface area contributed by atoms with E-state index < -0.39 is 0 Å². The number of aromatic nitrogens is 2. The number of rotatable bonds is 7. The van der Waals surface area contributed by atoms with Crippen molar-refractivity contribution in [1.82, 2.24) is 19.9 Å². The normalized spacial score (nSPS) is 16.0. The molecule has 1 aliphatic rings. The molecule has 1 amide bonds. The van der Waals surface area contributed by atoms with E-state index in [4.69, 9.17) is 39.2 Å². The first-order valence-corrected chi connectivity index (χ1v) is 10.8. The van der Waals surface area contributed by atoms with Crippen LogP contribution in [0.15, 0.2) is 29.2 Å². The summed E-state index contributed by atoms with van der Waals surface area (Å²) in [4.78, 5) is 34.8. The Morgan fingerprint density at radius 1 is 1.41 bits per heavy atom. The van der Waals surface area contributed by atoms with Gasteiger partial charge in [-0.1, -0.05) is 29.3 Å². The highest BCUT2D eigenvalue weighted by atomic mass is 35.5. The van der Waals surface area contributed by atoms with Crippen molar-refractivity contribution in [3.63, 3.8) is 0 Å². The summed E-state index contributed by atoms with van der Waals surface area (Å²) in [6.07, 6.45) is 2.70. The van der Waals surface area contributed by atoms with E-state index in [9.17, 15) is 9.59 Å². The van der Waals surface area contributed by atoms with Crippen LogP contribution in [0.5, 0.6) is 0 Å². The van der Waals surface area contributed by atoms with Gasteiger partial charge >= 0.3 is 0 Å². The minimum Gasteiger partial charge on any atom is -0.368 e. The van der Waals surface area contributed by atoms with E-state index >= 15 is 0 Å². The van der Waals surface area contributed by atoms with Gasteiger partial charge < -0.3 is 16.4 Å². The highest BCUT2D eigenvalue weighted by Gasteiger charge is 2.23. The standard InChI is InChI=1S/C20H25Cl2N7O3/c1-12-9-26-18(25-6-4-13-2-3-14(21)8-16(13)22)19(31)28(12)10-17(30)27-15-5-7-29(20(23)24)32-11-15/h2-3,8-9,15H,4-7,10-11H2,1H3,(H3,23,24)(H,25,26)(H,27,30). The van der Waals surface area contributed by atoms with Crippen LogP contribution in [0.1, 0.15) is 17.7 Å². The third-order valence-corrected chi connectivity index (χ3v) is 5.59. The first-order chi connectivity index (χ1) is 15.2. The largest absolute Gasteiger partial charge is 0.368 e. The number of hydrogen-bond acceptors (Lipinski definition) is 6. The van der Waals surface area contributed by atoms with Crippen LogP contribution in [0.25, 0.3) is 0 Å². The molecule has 32 heavy (non-hydrogen) atoms. The fourth-order valence-electron chi connectivity index (χ4n) is 3.25. The summed E-state index contributed by atoms with van der Waals surface area (Å²) >= 11 is 12.1. The van der Waals surface area contributed by atoms with Gasteiger partial charge in [0, 0.05) is 28.5 Å². The number of carbonyl (C=O) groups is 1. The highest BCUT2D eigenvalue weighted by Crippen LogP contribution is 2.21. The number of nitrogens with one attached hydrogen (secondary N) is 3. The van der Waals surface area contributed by atoms with Crippen LogP contribution in [0, 0.1) is 12.3 Å². The second-order valence-electron chi connectivity index (χ2n) is 7.39. The number of amides is 1. The Bertz CT molecular complexity index is 1050. The summed E-state index contributed by atoms with van der Waals surface area (Å²) in [7, 11) is 0. The van der Waals surface area contributed by atoms with Crippen LogP contribution in [0.4, 0.5) is 5.82 Å². The lowest BCUT2D eigenvalue weighted by atomic mass is 10.1. The van der Waals surface area contributed by atoms with Crippen LogP contribution < -0.4 is 21.9 Å². The van der Waals surface area contributed by atoms with E-state index in [-0.39, 0.29) is 42.4 Å². The molecule has 1 saturated heterocycles. The van der Waals surface area contributed by atoms with Crippen molar-refractivity contribution >= 4 is 40.9 Å². The molecule has 0 saturated carbocycles. The fourth-order valence-corrected chi connectivity index (χ4v) is 3.75. The average Bonchev–Trinajstić information content (AvgIpc) is 2.74. The number of halogens is 2. The number of carbonyl (C=O) groups excluding carboxylic acids is 1. The number of aryl methyl sites for hydroxylation is 1. The Balaban J connectivity index is 1.58. The van der Waals surface area contributed by atoms with Gasteiger partial charge in [0.2, 0.25) is 11.9 Å². The second-order valence-corrected chi connectivity index (χ2v) is 8.23. The predicted octanol–water partition coefficient (Wildman–Crippen LogP) is 1.53. The minimum atomic E-state index is -0.384. The SMILES string of the molecule is Cc1cnc(NCCc2ccc(Cl)cc2Cl)c(=O)n1CC(=O)NC1CCN(C(=N)N)OC1. The molecule has 1 aromatic heterocycles. The van der Waals surface area contributed by atoms with Gasteiger partial charge in [-0.3, -0.25) is 24.4 Å². The lowest BCUT2D eigenvalue weighted by molar-refractivity contribution is -0.143. The number of guanidine groups is 1. The molecule has 0 bridgehead atoms. The van der Waals surface area contributed by atoms with Crippen molar-refractivity contribution in [3.8, 4) is 0 Å². The van der Waals surface area contributed by atoms with Crippen LogP contribution in [0.3, 0.4) is 0 Å². The van der Waals surface area contributed by atoms with E-state index in [2.05, 4.69) is 15.6 Å². The van der Waals surface area contributed by atoms with Gasteiger partial charge in [0.15, 0.2) is 5.82 Å². The Kier molecular flexibility index (Phi) is 7.94. The van der Waals surface area contributed by atoms with Crippen molar-refractivity contribution < 1.29 is 9.63 Å². The molecule has 2 heterocycles. The predicted molar refractivity (Wildman–Crippen MR) is 123 cm³/mol. The van der Waals surface area contributed by atoms with Gasteiger partial charge in [-0.05, 0) is 37.5 Å². The molecule has 12 heteroatoms. The summed E-state index contributed by atoms with van der Waals surface area (Å²) in [5, 5.41) is 15.6. The van der Waals surface area contributed by atoms with E-state index in [1.54, 1.807) is 25.3 Å². The summed E-state index contributed by atoms with van der Waals surface area (Å²) in [5.41, 5.74) is 6.46. The molecular formula is C20H25Cl2N7O3. The maximum absolute atomic E-state index is 12.8. The molecule has 5 N–H and O–H groups in total. The van der Waals surface area contributed by atoms with Crippen LogP contribution >= 0.6 is 23.2 Å². The van der Waals surface area contributed by atoms with Crippen molar-refractivity contribution in [3.05, 3.63) is 56.1 Å². The first kappa shape index (κ1) is 23.8. The number of nitrogens with zero attached hydrogens (tertiary/aromatic N) is 3. The van der Waals surface area contributed by atoms with E-state index in [0.29, 0.717) is 41.7 Å². The zero-order valence-corrected chi connectivity index (χ0v) is 19.0. The van der Waals surface area contributed by atoms with Gasteiger partial charge in [0.1, 0.15) is 6.54 Å². The quantitative estimate of drug-likeness (QED) is 0.347. The van der Waals surface area contributed by atoms with E-state index in [1.165, 1.54) is 9.63 Å². The molecule has 1 atom stereocenters. The summed E-state index contributed by atoms with van der Waals surface area (Å²) in [6.45, 7) is 2.62. The van der Waals surface area contributed by atoms with Crippen molar-refractivity contribution in [2.75, 3.05) is 25.0 Å². The van der Waals surface area contributed by atoms with E-state index in [1.807, 2.05) is 6.07 Å². The minimum absolute atomic E-state index is 0.141. The number of benzene rings is 1. The Morgan fingerprint density at radius 2 is 2.19 bits per heavy atom. The molecule has 1 aliphatic heterocycles. The third-order valence-electron chi connectivity index (χ3n) is 5.00. The van der Waals surface area contributed by atoms with Crippen molar-refractivity contribution in [1.29, 1.82) is 5.41 Å². The average molecular weight is 482 g/mol. The Morgan fingerprint density at radius 3 is 2.84 bits per heavy atom. The molecule has 1 unspecified atom stereocenters. The lowest BCUT2D eigenvalue weighted by Gasteiger charge is -2.31. The molecule has 0 radical (unpaired) electrons. The van der Waals surface area contributed by atoms with Crippen LogP contribution in [-0.4, -0.2) is 52.2 Å². The van der Waals surface area contributed by atoms with E-state index in [0.717, 1.165) is 5.56 Å². The topological polar surface area (TPSA) is 138 Å². The number of hydrogen-bond donors (Lipinski definition) is 4. The maximum Gasteiger partial charge on any atom is 0.293 e. The zero-order chi connectivity index (χ0) is 23.3. The molecule has 10 nitrogen and oxygen atoms in total. The summed E-state index contributed by atoms with van der Waals surface area (Å²) < 4.78 is 1.37. The molecular weight excluding hydrogens is 457 g/mol. The van der Waals surface area contributed by atoms with Gasteiger partial charge in [-0.2, -0.15) is 0 Å². The van der Waals surface area contributed by atoms with Crippen molar-refractivity contribution in [2.24, 2.45) is 5.73 Å². The van der Waals surface area contributed by atoms with Crippen molar-refractivity contribution in [2.45, 2.75) is 32.4 Å². The lowest BCUT2D eigenvalue weighted by Crippen LogP contribution is -2.50. The molecule has 1 aromatic carbocycles. The van der Waals surface area contributed by atoms with Gasteiger partial charge in [-0.15, -0.1) is 0 Å². The van der Waals surface area contributed by atoms with Gasteiger partial charge in [-0.25, -0.2) is 10.0 Å². The summed E-state index contributed by atoms with van der Waals surface area (Å²) in [6, 6.07) is 5.04. The zero-order valence-electron chi connectivity index (χ0n) is 17.5. The molecule has 0 aliphatic carbocycles. The molecule has 2 aromatic rings. The van der Waals surface area contributed by atoms with Crippen LogP contribution in [0.2, 0.25) is 10.0 Å². The molecule has 3 rings (SSSR count). The van der Waals surface area contributed by atoms with Gasteiger partial charge in [0.25, 0.3) is 5.56 Å². The number of anilines is 1. The number of hydroxylamine groups is 2. The first-order valence-electron chi connectivity index (χ1n) is 10.0. The maximum atomic E-state index is 12.8. The molecule has 1 fully saturated rings. The van der Waals surface area contributed by atoms with Crippen LogP contribution in [-0.2, 0) is 22.6 Å². The molecule has 172 valence electrons. The summed E-state index contributed by atoms with van der Waals surface area (Å²) in [5.74, 6) is -0.330. The second kappa shape index (κ2) is 10.7.